The molecule has 2 aliphatic heterocycles. The number of rotatable bonds is 3. The SMILES string of the molecule is C[C@@H](N)c1ccc(F)cc1OC1CCOC2(CCOC2)C1. The minimum absolute atomic E-state index is 0.0137. The van der Waals surface area contributed by atoms with E-state index < -0.39 is 0 Å². The molecule has 0 bridgehead atoms. The van der Waals surface area contributed by atoms with Crippen LogP contribution in [-0.4, -0.2) is 31.5 Å². The number of nitrogens with two attached hydrogens (primary N) is 1. The Bertz CT molecular complexity index is 500. The highest BCUT2D eigenvalue weighted by molar-refractivity contribution is 5.36. The van der Waals surface area contributed by atoms with Crippen LogP contribution < -0.4 is 10.5 Å². The second kappa shape index (κ2) is 5.91. The Labute approximate surface area is 124 Å². The summed E-state index contributed by atoms with van der Waals surface area (Å²) in [6.07, 6.45) is 2.49. The fourth-order valence-corrected chi connectivity index (χ4v) is 3.11. The van der Waals surface area contributed by atoms with Crippen molar-refractivity contribution in [1.29, 1.82) is 0 Å². The van der Waals surface area contributed by atoms with E-state index in [4.69, 9.17) is 19.9 Å². The molecule has 3 rings (SSSR count). The zero-order chi connectivity index (χ0) is 14.9. The van der Waals surface area contributed by atoms with E-state index in [-0.39, 0.29) is 23.6 Å². The summed E-state index contributed by atoms with van der Waals surface area (Å²) in [6.45, 7) is 3.88. The lowest BCUT2D eigenvalue weighted by molar-refractivity contribution is -0.112. The minimum Gasteiger partial charge on any atom is -0.490 e. The Morgan fingerprint density at radius 3 is 3.00 bits per heavy atom. The van der Waals surface area contributed by atoms with Gasteiger partial charge in [-0.3, -0.25) is 0 Å². The van der Waals surface area contributed by atoms with Crippen molar-refractivity contribution in [2.24, 2.45) is 5.73 Å². The average molecular weight is 295 g/mol. The van der Waals surface area contributed by atoms with Gasteiger partial charge in [0.25, 0.3) is 0 Å². The highest BCUT2D eigenvalue weighted by Crippen LogP contribution is 2.35. The van der Waals surface area contributed by atoms with Gasteiger partial charge in [0.15, 0.2) is 0 Å². The van der Waals surface area contributed by atoms with Gasteiger partial charge in [-0.25, -0.2) is 4.39 Å². The van der Waals surface area contributed by atoms with Crippen LogP contribution in [0.3, 0.4) is 0 Å². The summed E-state index contributed by atoms with van der Waals surface area (Å²) in [6, 6.07) is 4.35. The van der Waals surface area contributed by atoms with Crippen LogP contribution in [0, 0.1) is 5.82 Å². The van der Waals surface area contributed by atoms with Crippen LogP contribution in [0.1, 0.15) is 37.8 Å². The molecule has 116 valence electrons. The van der Waals surface area contributed by atoms with Crippen molar-refractivity contribution in [2.75, 3.05) is 19.8 Å². The van der Waals surface area contributed by atoms with E-state index in [0.717, 1.165) is 31.4 Å². The van der Waals surface area contributed by atoms with Crippen molar-refractivity contribution in [3.63, 3.8) is 0 Å². The predicted octanol–water partition coefficient (Wildman–Crippen LogP) is 2.56. The maximum absolute atomic E-state index is 13.5. The van der Waals surface area contributed by atoms with Gasteiger partial charge < -0.3 is 19.9 Å². The molecule has 2 heterocycles. The Morgan fingerprint density at radius 2 is 2.29 bits per heavy atom. The second-order valence-corrected chi connectivity index (χ2v) is 6.04. The quantitative estimate of drug-likeness (QED) is 0.931. The summed E-state index contributed by atoms with van der Waals surface area (Å²) < 4.78 is 30.9. The Balaban J connectivity index is 1.75. The summed E-state index contributed by atoms with van der Waals surface area (Å²) in [5.74, 6) is 0.242. The lowest BCUT2D eigenvalue weighted by Gasteiger charge is -2.37. The highest BCUT2D eigenvalue weighted by Gasteiger charge is 2.42. The van der Waals surface area contributed by atoms with E-state index in [1.807, 2.05) is 6.92 Å². The molecular weight excluding hydrogens is 273 g/mol. The molecule has 2 aliphatic rings. The Kier molecular flexibility index (Phi) is 4.15. The molecule has 1 aromatic rings. The first-order valence-corrected chi connectivity index (χ1v) is 7.51. The maximum Gasteiger partial charge on any atom is 0.127 e. The summed E-state index contributed by atoms with van der Waals surface area (Å²) in [4.78, 5) is 0. The molecule has 0 amide bonds. The van der Waals surface area contributed by atoms with Gasteiger partial charge in [0.1, 0.15) is 17.7 Å². The molecule has 0 aromatic heterocycles. The molecule has 21 heavy (non-hydrogen) atoms. The zero-order valence-corrected chi connectivity index (χ0v) is 12.3. The molecule has 3 atom stereocenters. The smallest absolute Gasteiger partial charge is 0.127 e. The lowest BCUT2D eigenvalue weighted by Crippen LogP contribution is -2.44. The highest BCUT2D eigenvalue weighted by atomic mass is 19.1. The minimum atomic E-state index is -0.305. The zero-order valence-electron chi connectivity index (χ0n) is 12.3. The molecule has 0 saturated carbocycles. The normalized spacial score (nSPS) is 30.5. The topological polar surface area (TPSA) is 53.7 Å². The first-order valence-electron chi connectivity index (χ1n) is 7.51. The fraction of sp³-hybridized carbons (Fsp3) is 0.625. The second-order valence-electron chi connectivity index (χ2n) is 6.04. The van der Waals surface area contributed by atoms with E-state index in [2.05, 4.69) is 0 Å². The van der Waals surface area contributed by atoms with Crippen LogP contribution in [0.2, 0.25) is 0 Å². The molecule has 2 saturated heterocycles. The van der Waals surface area contributed by atoms with Gasteiger partial charge in [-0.1, -0.05) is 6.07 Å². The van der Waals surface area contributed by atoms with Crippen LogP contribution in [0.4, 0.5) is 4.39 Å². The van der Waals surface area contributed by atoms with Gasteiger partial charge >= 0.3 is 0 Å². The number of ether oxygens (including phenoxy) is 3. The number of hydrogen-bond acceptors (Lipinski definition) is 4. The van der Waals surface area contributed by atoms with Crippen LogP contribution >= 0.6 is 0 Å². The number of benzene rings is 1. The van der Waals surface area contributed by atoms with Crippen molar-refractivity contribution in [2.45, 2.75) is 43.9 Å². The number of halogens is 1. The summed E-state index contributed by atoms with van der Waals surface area (Å²) in [7, 11) is 0. The first kappa shape index (κ1) is 14.8. The van der Waals surface area contributed by atoms with Crippen LogP contribution in [0.25, 0.3) is 0 Å². The van der Waals surface area contributed by atoms with Gasteiger partial charge in [0.05, 0.1) is 18.8 Å². The van der Waals surface area contributed by atoms with Gasteiger partial charge in [0, 0.05) is 43.5 Å². The monoisotopic (exact) mass is 295 g/mol. The fourth-order valence-electron chi connectivity index (χ4n) is 3.11. The third kappa shape index (κ3) is 3.20. The van der Waals surface area contributed by atoms with Crippen molar-refractivity contribution in [3.05, 3.63) is 29.6 Å². The summed E-state index contributed by atoms with van der Waals surface area (Å²) >= 11 is 0. The molecule has 1 aromatic carbocycles. The van der Waals surface area contributed by atoms with Crippen molar-refractivity contribution in [3.8, 4) is 5.75 Å². The average Bonchev–Trinajstić information content (AvgIpc) is 2.86. The van der Waals surface area contributed by atoms with Crippen molar-refractivity contribution >= 4 is 0 Å². The first-order chi connectivity index (χ1) is 10.1. The third-order valence-electron chi connectivity index (χ3n) is 4.27. The Morgan fingerprint density at radius 1 is 1.43 bits per heavy atom. The van der Waals surface area contributed by atoms with Gasteiger partial charge in [0.2, 0.25) is 0 Å². The summed E-state index contributed by atoms with van der Waals surface area (Å²) in [5.41, 5.74) is 6.55. The van der Waals surface area contributed by atoms with Crippen LogP contribution in [0.5, 0.6) is 5.75 Å². The number of hydrogen-bond donors (Lipinski definition) is 1. The van der Waals surface area contributed by atoms with E-state index >= 15 is 0 Å². The van der Waals surface area contributed by atoms with Gasteiger partial charge in [-0.15, -0.1) is 0 Å². The molecule has 4 nitrogen and oxygen atoms in total. The lowest BCUT2D eigenvalue weighted by atomic mass is 9.91. The van der Waals surface area contributed by atoms with Crippen molar-refractivity contribution in [1.82, 2.24) is 0 Å². The standard InChI is InChI=1S/C16H22FNO3/c1-11(18)14-3-2-12(17)8-15(14)21-13-4-6-20-16(9-13)5-7-19-10-16/h2-3,8,11,13H,4-7,9-10,18H2,1H3/t11-,13?,16?/m1/s1. The largest absolute Gasteiger partial charge is 0.490 e. The molecular formula is C16H22FNO3. The van der Waals surface area contributed by atoms with E-state index in [0.29, 0.717) is 19.0 Å². The molecule has 2 N–H and O–H groups in total. The molecule has 0 aliphatic carbocycles. The molecule has 5 heteroatoms. The van der Waals surface area contributed by atoms with Gasteiger partial charge in [-0.2, -0.15) is 0 Å². The van der Waals surface area contributed by atoms with Crippen LogP contribution in [0.15, 0.2) is 18.2 Å². The van der Waals surface area contributed by atoms with E-state index in [1.54, 1.807) is 6.07 Å². The predicted molar refractivity (Wildman–Crippen MR) is 76.8 cm³/mol. The van der Waals surface area contributed by atoms with Crippen LogP contribution in [-0.2, 0) is 9.47 Å². The molecule has 2 fully saturated rings. The van der Waals surface area contributed by atoms with Crippen molar-refractivity contribution < 1.29 is 18.6 Å². The van der Waals surface area contributed by atoms with Gasteiger partial charge in [-0.05, 0) is 13.0 Å². The third-order valence-corrected chi connectivity index (χ3v) is 4.27. The molecule has 1 spiro atoms. The van der Waals surface area contributed by atoms with E-state index in [9.17, 15) is 4.39 Å². The van der Waals surface area contributed by atoms with E-state index in [1.165, 1.54) is 12.1 Å². The maximum atomic E-state index is 13.5. The molecule has 2 unspecified atom stereocenters. The molecule has 0 radical (unpaired) electrons. The Hall–Kier alpha value is -1.17. The summed E-state index contributed by atoms with van der Waals surface area (Å²) in [5, 5.41) is 0.